The van der Waals surface area contributed by atoms with Gasteiger partial charge in [-0.25, -0.2) is 0 Å². The number of hydrogen-bond acceptors (Lipinski definition) is 3. The number of rotatable bonds is 8. The van der Waals surface area contributed by atoms with Crippen LogP contribution < -0.4 is 16.4 Å². The Morgan fingerprint density at radius 2 is 2.13 bits per heavy atom. The minimum Gasteiger partial charge on any atom is -0.352 e. The Morgan fingerprint density at radius 3 is 2.60 bits per heavy atom. The lowest BCUT2D eigenvalue weighted by atomic mass is 10.1. The lowest BCUT2D eigenvalue weighted by Crippen LogP contribution is -2.44. The first-order chi connectivity index (χ1) is 7.15. The molecule has 0 aromatic carbocycles. The highest BCUT2D eigenvalue weighted by atomic mass is 16.1. The number of carbonyl (C=O) groups excluding carboxylic acids is 1. The second-order valence-electron chi connectivity index (χ2n) is 4.04. The van der Waals surface area contributed by atoms with Crippen LogP contribution in [0.25, 0.3) is 0 Å². The molecule has 90 valence electrons. The van der Waals surface area contributed by atoms with E-state index in [1.807, 2.05) is 14.0 Å². The maximum atomic E-state index is 11.7. The van der Waals surface area contributed by atoms with Crippen molar-refractivity contribution in [3.63, 3.8) is 0 Å². The van der Waals surface area contributed by atoms with Crippen LogP contribution in [0, 0.1) is 5.92 Å². The molecule has 4 nitrogen and oxygen atoms in total. The van der Waals surface area contributed by atoms with E-state index in [1.54, 1.807) is 0 Å². The molecule has 0 radical (unpaired) electrons. The van der Waals surface area contributed by atoms with Crippen LogP contribution >= 0.6 is 0 Å². The van der Waals surface area contributed by atoms with Gasteiger partial charge in [0.15, 0.2) is 0 Å². The van der Waals surface area contributed by atoms with Gasteiger partial charge in [0.25, 0.3) is 0 Å². The maximum absolute atomic E-state index is 11.7. The van der Waals surface area contributed by atoms with Crippen LogP contribution in [0.15, 0.2) is 0 Å². The van der Waals surface area contributed by atoms with Gasteiger partial charge in [-0.05, 0) is 13.5 Å². The predicted molar refractivity (Wildman–Crippen MR) is 63.6 cm³/mol. The molecule has 0 fully saturated rings. The highest BCUT2D eigenvalue weighted by Crippen LogP contribution is 2.01. The van der Waals surface area contributed by atoms with Gasteiger partial charge in [-0.15, -0.1) is 0 Å². The summed E-state index contributed by atoms with van der Waals surface area (Å²) in [5.74, 6) is 0.0987. The van der Waals surface area contributed by atoms with Crippen molar-refractivity contribution in [1.29, 1.82) is 0 Å². The molecule has 0 aromatic heterocycles. The summed E-state index contributed by atoms with van der Waals surface area (Å²) in [5, 5.41) is 5.97. The summed E-state index contributed by atoms with van der Waals surface area (Å²) in [6.07, 6.45) is 3.23. The van der Waals surface area contributed by atoms with Crippen LogP contribution in [0.5, 0.6) is 0 Å². The van der Waals surface area contributed by atoms with E-state index < -0.39 is 0 Å². The first-order valence-corrected chi connectivity index (χ1v) is 5.80. The number of amides is 1. The highest BCUT2D eigenvalue weighted by molar-refractivity contribution is 5.78. The molecule has 2 unspecified atom stereocenters. The summed E-state index contributed by atoms with van der Waals surface area (Å²) in [4.78, 5) is 11.7. The number of nitrogens with one attached hydrogen (secondary N) is 2. The molecule has 0 spiro atoms. The van der Waals surface area contributed by atoms with Crippen molar-refractivity contribution < 1.29 is 4.79 Å². The monoisotopic (exact) mass is 215 g/mol. The second kappa shape index (κ2) is 8.68. The third kappa shape index (κ3) is 6.47. The molecule has 0 bridgehead atoms. The molecule has 0 aliphatic heterocycles. The van der Waals surface area contributed by atoms with E-state index in [0.29, 0.717) is 13.1 Å². The van der Waals surface area contributed by atoms with Gasteiger partial charge in [-0.3, -0.25) is 4.79 Å². The molecule has 15 heavy (non-hydrogen) atoms. The Hall–Kier alpha value is -0.610. The molecule has 2 atom stereocenters. The van der Waals surface area contributed by atoms with E-state index in [1.165, 1.54) is 0 Å². The SMILES string of the molecule is CCCCC(CN)NC(=O)C(C)CNC. The number of nitrogens with two attached hydrogens (primary N) is 1. The van der Waals surface area contributed by atoms with E-state index >= 15 is 0 Å². The molecule has 1 amide bonds. The fraction of sp³-hybridized carbons (Fsp3) is 0.909. The normalized spacial score (nSPS) is 14.7. The Labute approximate surface area is 93.0 Å². The van der Waals surface area contributed by atoms with E-state index in [0.717, 1.165) is 19.3 Å². The Kier molecular flexibility index (Phi) is 8.33. The largest absolute Gasteiger partial charge is 0.352 e. The number of hydrogen-bond donors (Lipinski definition) is 3. The molecule has 0 rings (SSSR count). The zero-order valence-electron chi connectivity index (χ0n) is 10.2. The fourth-order valence-electron chi connectivity index (χ4n) is 1.44. The summed E-state index contributed by atoms with van der Waals surface area (Å²) in [7, 11) is 1.85. The van der Waals surface area contributed by atoms with Crippen molar-refractivity contribution in [2.75, 3.05) is 20.1 Å². The Balaban J connectivity index is 3.88. The molecule has 0 aliphatic rings. The molecule has 0 aromatic rings. The third-order valence-electron chi connectivity index (χ3n) is 2.49. The molecule has 4 heteroatoms. The minimum atomic E-state index is 0.00526. The van der Waals surface area contributed by atoms with Gasteiger partial charge in [0.05, 0.1) is 0 Å². The minimum absolute atomic E-state index is 0.00526. The average molecular weight is 215 g/mol. The van der Waals surface area contributed by atoms with Gasteiger partial charge in [0.2, 0.25) is 5.91 Å². The van der Waals surface area contributed by atoms with Gasteiger partial charge in [0.1, 0.15) is 0 Å². The smallest absolute Gasteiger partial charge is 0.224 e. The van der Waals surface area contributed by atoms with E-state index in [2.05, 4.69) is 17.6 Å². The van der Waals surface area contributed by atoms with Crippen molar-refractivity contribution in [1.82, 2.24) is 10.6 Å². The third-order valence-corrected chi connectivity index (χ3v) is 2.49. The van der Waals surface area contributed by atoms with Crippen LogP contribution in [0.3, 0.4) is 0 Å². The molecular formula is C11H25N3O. The van der Waals surface area contributed by atoms with Crippen molar-refractivity contribution in [3.05, 3.63) is 0 Å². The van der Waals surface area contributed by atoms with Gasteiger partial charge < -0.3 is 16.4 Å². The van der Waals surface area contributed by atoms with Gasteiger partial charge >= 0.3 is 0 Å². The van der Waals surface area contributed by atoms with Gasteiger partial charge in [0, 0.05) is 25.0 Å². The fourth-order valence-corrected chi connectivity index (χ4v) is 1.44. The van der Waals surface area contributed by atoms with Crippen LogP contribution in [-0.4, -0.2) is 32.1 Å². The average Bonchev–Trinajstić information content (AvgIpc) is 2.24. The summed E-state index contributed by atoms with van der Waals surface area (Å²) in [5.41, 5.74) is 5.61. The lowest BCUT2D eigenvalue weighted by Gasteiger charge is -2.19. The first kappa shape index (κ1) is 14.4. The maximum Gasteiger partial charge on any atom is 0.224 e. The quantitative estimate of drug-likeness (QED) is 0.551. The summed E-state index contributed by atoms with van der Waals surface area (Å²) in [6.45, 7) is 5.28. The summed E-state index contributed by atoms with van der Waals surface area (Å²) in [6, 6.07) is 0.136. The zero-order valence-corrected chi connectivity index (χ0v) is 10.2. The van der Waals surface area contributed by atoms with E-state index in [9.17, 15) is 4.79 Å². The summed E-state index contributed by atoms with van der Waals surface area (Å²) < 4.78 is 0. The Bertz CT molecular complexity index is 173. The highest BCUT2D eigenvalue weighted by Gasteiger charge is 2.15. The molecule has 0 saturated carbocycles. The van der Waals surface area contributed by atoms with E-state index in [-0.39, 0.29) is 17.9 Å². The second-order valence-corrected chi connectivity index (χ2v) is 4.04. The van der Waals surface area contributed by atoms with Gasteiger partial charge in [-0.1, -0.05) is 26.7 Å². The van der Waals surface area contributed by atoms with Crippen molar-refractivity contribution in [2.45, 2.75) is 39.2 Å². The summed E-state index contributed by atoms with van der Waals surface area (Å²) >= 11 is 0. The number of carbonyl (C=O) groups is 1. The van der Waals surface area contributed by atoms with Gasteiger partial charge in [-0.2, -0.15) is 0 Å². The van der Waals surface area contributed by atoms with Crippen LogP contribution in [0.1, 0.15) is 33.1 Å². The molecular weight excluding hydrogens is 190 g/mol. The standard InChI is InChI=1S/C11H25N3O/c1-4-5-6-10(7-12)14-11(15)9(2)8-13-3/h9-10,13H,4-8,12H2,1-3H3,(H,14,15). The molecule has 4 N–H and O–H groups in total. The first-order valence-electron chi connectivity index (χ1n) is 5.80. The van der Waals surface area contributed by atoms with Crippen LogP contribution in [0.2, 0.25) is 0 Å². The predicted octanol–water partition coefficient (Wildman–Crippen LogP) is 0.476. The van der Waals surface area contributed by atoms with Crippen molar-refractivity contribution in [2.24, 2.45) is 11.7 Å². The Morgan fingerprint density at radius 1 is 1.47 bits per heavy atom. The van der Waals surface area contributed by atoms with E-state index in [4.69, 9.17) is 5.73 Å². The zero-order chi connectivity index (χ0) is 11.7. The van der Waals surface area contributed by atoms with Crippen LogP contribution in [0.4, 0.5) is 0 Å². The topological polar surface area (TPSA) is 67.1 Å². The molecule has 0 saturated heterocycles. The molecule has 0 aliphatic carbocycles. The van der Waals surface area contributed by atoms with Crippen LogP contribution in [-0.2, 0) is 4.79 Å². The molecule has 0 heterocycles. The van der Waals surface area contributed by atoms with Crippen molar-refractivity contribution >= 4 is 5.91 Å². The van der Waals surface area contributed by atoms with Crippen molar-refractivity contribution in [3.8, 4) is 0 Å². The number of unbranched alkanes of at least 4 members (excludes halogenated alkanes) is 1. The lowest BCUT2D eigenvalue weighted by molar-refractivity contribution is -0.125.